The second-order valence-corrected chi connectivity index (χ2v) is 18.5. The van der Waals surface area contributed by atoms with Gasteiger partial charge in [-0.3, -0.25) is 23.7 Å². The van der Waals surface area contributed by atoms with Crippen LogP contribution in [0.2, 0.25) is 0 Å². The Hall–Kier alpha value is -4.93. The average Bonchev–Trinajstić information content (AvgIpc) is 3.91. The van der Waals surface area contributed by atoms with E-state index in [1.807, 2.05) is 48.8 Å². The van der Waals surface area contributed by atoms with Crippen molar-refractivity contribution in [2.75, 3.05) is 6.54 Å². The molecule has 2 aliphatic heterocycles. The maximum absolute atomic E-state index is 14.6. The van der Waals surface area contributed by atoms with E-state index in [0.29, 0.717) is 49.1 Å². The van der Waals surface area contributed by atoms with Crippen LogP contribution in [-0.4, -0.2) is 92.8 Å². The Morgan fingerprint density at radius 1 is 1.11 bits per heavy atom. The minimum Gasteiger partial charge on any atom is -0.459 e. The van der Waals surface area contributed by atoms with Crippen molar-refractivity contribution in [3.8, 4) is 17.5 Å². The average molecular weight is 794 g/mol. The summed E-state index contributed by atoms with van der Waals surface area (Å²) >= 11 is 0. The van der Waals surface area contributed by atoms with Gasteiger partial charge in [-0.05, 0) is 85.3 Å². The molecule has 56 heavy (non-hydrogen) atoms. The molecule has 17 heteroatoms. The number of oxazole rings is 1. The summed E-state index contributed by atoms with van der Waals surface area (Å²) < 4.78 is 47.6. The molecule has 3 fully saturated rings. The summed E-state index contributed by atoms with van der Waals surface area (Å²) in [5, 5.41) is 5.01. The Labute approximate surface area is 326 Å². The summed E-state index contributed by atoms with van der Waals surface area (Å²) in [6, 6.07) is 3.67. The third kappa shape index (κ3) is 8.27. The minimum atomic E-state index is -3.90. The van der Waals surface area contributed by atoms with Crippen LogP contribution in [0.15, 0.2) is 47.2 Å². The summed E-state index contributed by atoms with van der Waals surface area (Å²) in [5.41, 5.74) is -0.285. The van der Waals surface area contributed by atoms with Gasteiger partial charge in [-0.15, -0.1) is 0 Å². The van der Waals surface area contributed by atoms with Crippen molar-refractivity contribution in [2.24, 2.45) is 5.92 Å². The van der Waals surface area contributed by atoms with Gasteiger partial charge in [0, 0.05) is 18.4 Å². The number of fused-ring (bicyclic) bond motifs is 3. The lowest BCUT2D eigenvalue weighted by Crippen LogP contribution is -2.58. The SMILES string of the molecule is CC(C)n1c(O[C@@H]2C[C@H]3C(=O)N[C@]4(C(=O)NS(=O)(=O)C5CC5)C[C@H]4/C=C\CCCCC[C@H](NC(=O)OC(C)(C)C)C(=O)N3C2)nc2c(-c3ncco3)cccc21. The molecular weight excluding hydrogens is 743 g/mol. The second-order valence-electron chi connectivity index (χ2n) is 16.6. The first-order chi connectivity index (χ1) is 26.6. The number of aromatic nitrogens is 3. The Morgan fingerprint density at radius 2 is 1.89 bits per heavy atom. The number of carbonyl (C=O) groups is 4. The van der Waals surface area contributed by atoms with Crippen LogP contribution >= 0.6 is 0 Å². The lowest BCUT2D eigenvalue weighted by Gasteiger charge is -2.30. The van der Waals surface area contributed by atoms with Crippen LogP contribution in [0, 0.1) is 5.92 Å². The van der Waals surface area contributed by atoms with Gasteiger partial charge in [-0.1, -0.05) is 31.1 Å². The predicted molar refractivity (Wildman–Crippen MR) is 205 cm³/mol. The number of alkyl carbamates (subject to hydrolysis) is 1. The van der Waals surface area contributed by atoms with Gasteiger partial charge in [-0.2, -0.15) is 4.98 Å². The first kappa shape index (κ1) is 39.3. The van der Waals surface area contributed by atoms with E-state index in [9.17, 15) is 27.6 Å². The standard InChI is InChI=1S/C39H51N7O9S/c1-23(2)46-29-15-11-13-27(33-40-18-19-53-33)31(29)42-36(46)54-25-20-30-32(47)43-39(35(49)44-56(51,52)26-16-17-26)21-24(39)12-9-7-6-8-10-14-28(34(48)45(30)22-25)41-37(50)55-38(3,4)5/h9,11-13,15,18-19,23-26,28,30H,6-8,10,14,16-17,20-22H2,1-5H3,(H,41,50)(H,43,47)(H,44,49)/b12-9-/t24-,25-,28+,30+,39-/m1/s1. The lowest BCUT2D eigenvalue weighted by atomic mass is 10.0. The molecule has 1 saturated heterocycles. The Bertz CT molecular complexity index is 2120. The zero-order valence-electron chi connectivity index (χ0n) is 32.4. The quantitative estimate of drug-likeness (QED) is 0.271. The van der Waals surface area contributed by atoms with Gasteiger partial charge in [-0.25, -0.2) is 18.2 Å². The molecule has 2 aliphatic carbocycles. The van der Waals surface area contributed by atoms with Gasteiger partial charge in [0.05, 0.1) is 29.1 Å². The fraction of sp³-hybridized carbons (Fsp3) is 0.590. The van der Waals surface area contributed by atoms with Crippen LogP contribution in [0.5, 0.6) is 6.01 Å². The number of amides is 4. The molecule has 0 radical (unpaired) electrons. The summed E-state index contributed by atoms with van der Waals surface area (Å²) in [4.78, 5) is 66.5. The fourth-order valence-electron chi connectivity index (χ4n) is 7.65. The summed E-state index contributed by atoms with van der Waals surface area (Å²) in [5.74, 6) is -1.97. The normalized spacial score (nSPS) is 26.7. The van der Waals surface area contributed by atoms with E-state index in [-0.39, 0.29) is 31.4 Å². The third-order valence-electron chi connectivity index (χ3n) is 10.7. The van der Waals surface area contributed by atoms with Gasteiger partial charge in [0.2, 0.25) is 27.7 Å². The molecule has 7 rings (SSSR count). The number of ether oxygens (including phenoxy) is 2. The van der Waals surface area contributed by atoms with E-state index in [1.54, 1.807) is 27.0 Å². The zero-order valence-corrected chi connectivity index (χ0v) is 33.3. The van der Waals surface area contributed by atoms with E-state index < -0.39 is 74.3 Å². The number of carbonyl (C=O) groups excluding carboxylic acids is 4. The highest BCUT2D eigenvalue weighted by molar-refractivity contribution is 7.91. The Morgan fingerprint density at radius 3 is 2.59 bits per heavy atom. The Balaban J connectivity index is 1.22. The number of para-hydroxylation sites is 1. The molecule has 0 spiro atoms. The summed E-state index contributed by atoms with van der Waals surface area (Å²) in [6.07, 6.45) is 9.68. The van der Waals surface area contributed by atoms with Crippen molar-refractivity contribution in [3.63, 3.8) is 0 Å². The van der Waals surface area contributed by atoms with Crippen molar-refractivity contribution >= 4 is 44.9 Å². The van der Waals surface area contributed by atoms with Crippen LogP contribution in [0.1, 0.15) is 98.4 Å². The van der Waals surface area contributed by atoms with E-state index in [2.05, 4.69) is 20.3 Å². The highest BCUT2D eigenvalue weighted by atomic mass is 32.2. The van der Waals surface area contributed by atoms with Crippen LogP contribution in [-0.2, 0) is 29.1 Å². The highest BCUT2D eigenvalue weighted by Crippen LogP contribution is 2.46. The van der Waals surface area contributed by atoms with Crippen LogP contribution in [0.25, 0.3) is 22.5 Å². The number of sulfonamides is 1. The van der Waals surface area contributed by atoms with E-state index in [0.717, 1.165) is 18.4 Å². The summed E-state index contributed by atoms with van der Waals surface area (Å²) in [7, 11) is -3.90. The number of nitrogens with one attached hydrogen (secondary N) is 3. The third-order valence-corrected chi connectivity index (χ3v) is 12.5. The molecule has 3 N–H and O–H groups in total. The van der Waals surface area contributed by atoms with E-state index >= 15 is 0 Å². The maximum Gasteiger partial charge on any atom is 0.408 e. The first-order valence-electron chi connectivity index (χ1n) is 19.5. The van der Waals surface area contributed by atoms with Crippen LogP contribution in [0.4, 0.5) is 4.79 Å². The first-order valence-corrected chi connectivity index (χ1v) is 21.0. The summed E-state index contributed by atoms with van der Waals surface area (Å²) in [6.45, 7) is 9.13. The number of allylic oxidation sites excluding steroid dienone is 1. The fourth-order valence-corrected chi connectivity index (χ4v) is 9.02. The van der Waals surface area contributed by atoms with E-state index in [4.69, 9.17) is 18.9 Å². The largest absolute Gasteiger partial charge is 0.459 e. The molecule has 1 aromatic carbocycles. The predicted octanol–water partition coefficient (Wildman–Crippen LogP) is 4.52. The highest BCUT2D eigenvalue weighted by Gasteiger charge is 2.62. The van der Waals surface area contributed by atoms with Gasteiger partial charge in [0.1, 0.15) is 41.1 Å². The van der Waals surface area contributed by atoms with Crippen molar-refractivity contribution in [1.29, 1.82) is 0 Å². The van der Waals surface area contributed by atoms with Crippen LogP contribution < -0.4 is 20.1 Å². The number of benzene rings is 1. The van der Waals surface area contributed by atoms with Gasteiger partial charge in [0.15, 0.2) is 0 Å². The van der Waals surface area contributed by atoms with Gasteiger partial charge < -0.3 is 29.4 Å². The van der Waals surface area contributed by atoms with Crippen molar-refractivity contribution in [3.05, 3.63) is 42.8 Å². The molecule has 2 aromatic heterocycles. The molecule has 0 bridgehead atoms. The van der Waals surface area contributed by atoms with Gasteiger partial charge >= 0.3 is 6.09 Å². The minimum absolute atomic E-state index is 0.0310. The molecule has 16 nitrogen and oxygen atoms in total. The topological polar surface area (TPSA) is 204 Å². The van der Waals surface area contributed by atoms with Crippen molar-refractivity contribution in [1.82, 2.24) is 34.8 Å². The molecule has 4 heterocycles. The lowest BCUT2D eigenvalue weighted by molar-refractivity contribution is -0.141. The molecule has 4 amide bonds. The molecule has 302 valence electrons. The molecular formula is C39H51N7O9S. The van der Waals surface area contributed by atoms with E-state index in [1.165, 1.54) is 11.2 Å². The number of hydrogen-bond donors (Lipinski definition) is 3. The maximum atomic E-state index is 14.6. The van der Waals surface area contributed by atoms with Crippen LogP contribution in [0.3, 0.4) is 0 Å². The number of hydrogen-bond acceptors (Lipinski definition) is 11. The number of nitrogens with zero attached hydrogens (tertiary/aromatic N) is 4. The number of imidazole rings is 1. The molecule has 2 saturated carbocycles. The second kappa shape index (κ2) is 15.2. The smallest absolute Gasteiger partial charge is 0.408 e. The molecule has 0 unspecified atom stereocenters. The zero-order chi connectivity index (χ0) is 40.0. The molecule has 5 atom stereocenters. The molecule has 4 aliphatic rings. The van der Waals surface area contributed by atoms with Crippen molar-refractivity contribution < 1.29 is 41.5 Å². The monoisotopic (exact) mass is 793 g/mol. The number of rotatable bonds is 8. The van der Waals surface area contributed by atoms with Crippen molar-refractivity contribution in [2.45, 2.75) is 133 Å². The van der Waals surface area contributed by atoms with Gasteiger partial charge in [0.25, 0.3) is 11.9 Å². The molecule has 3 aromatic rings. The Kier molecular flexibility index (Phi) is 10.7.